The molecule has 2 aliphatic rings. The first-order valence-corrected chi connectivity index (χ1v) is 7.35. The highest BCUT2D eigenvalue weighted by Gasteiger charge is 2.27. The van der Waals surface area contributed by atoms with Crippen molar-refractivity contribution < 1.29 is 9.90 Å². The molecule has 0 bridgehead atoms. The fraction of sp³-hybridized carbons (Fsp3) is 0.929. The Hall–Kier alpha value is -0.610. The van der Waals surface area contributed by atoms with E-state index < -0.39 is 0 Å². The summed E-state index contributed by atoms with van der Waals surface area (Å²) in [6.07, 6.45) is 6.81. The summed E-state index contributed by atoms with van der Waals surface area (Å²) in [4.78, 5) is 14.0. The van der Waals surface area contributed by atoms with E-state index in [9.17, 15) is 9.90 Å². The summed E-state index contributed by atoms with van der Waals surface area (Å²) in [5.74, 6) is 0.831. The minimum atomic E-state index is -0.343. The van der Waals surface area contributed by atoms with Crippen LogP contribution < -0.4 is 5.32 Å². The van der Waals surface area contributed by atoms with Crippen molar-refractivity contribution in [2.24, 2.45) is 5.92 Å². The zero-order valence-corrected chi connectivity index (χ0v) is 11.4. The van der Waals surface area contributed by atoms with Crippen LogP contribution in [0.25, 0.3) is 0 Å². The van der Waals surface area contributed by atoms with Crippen molar-refractivity contribution in [2.75, 3.05) is 19.6 Å². The number of aliphatic hydroxyl groups excluding tert-OH is 1. The van der Waals surface area contributed by atoms with Crippen LogP contribution in [0.5, 0.6) is 0 Å². The second-order valence-electron chi connectivity index (χ2n) is 5.88. The Bertz CT molecular complexity index is 277. The Kier molecular flexibility index (Phi) is 5.01. The number of carbonyl (C=O) groups is 1. The topological polar surface area (TPSA) is 52.6 Å². The largest absolute Gasteiger partial charge is 0.392 e. The van der Waals surface area contributed by atoms with Gasteiger partial charge in [0.1, 0.15) is 0 Å². The average molecular weight is 254 g/mol. The number of likely N-dealkylation sites (tertiary alicyclic amines) is 1. The number of hydrogen-bond donors (Lipinski definition) is 2. The van der Waals surface area contributed by atoms with Crippen molar-refractivity contribution in [2.45, 2.75) is 57.6 Å². The molecule has 2 unspecified atom stereocenters. The van der Waals surface area contributed by atoms with E-state index >= 15 is 0 Å². The molecule has 0 aromatic heterocycles. The van der Waals surface area contributed by atoms with E-state index in [-0.39, 0.29) is 18.1 Å². The van der Waals surface area contributed by atoms with E-state index in [1.807, 2.05) is 6.92 Å². The smallest absolute Gasteiger partial charge is 0.234 e. The number of hydrogen-bond acceptors (Lipinski definition) is 3. The average Bonchev–Trinajstić information content (AvgIpc) is 2.27. The number of nitrogens with one attached hydrogen (secondary N) is 1. The molecule has 4 nitrogen and oxygen atoms in total. The van der Waals surface area contributed by atoms with Crippen molar-refractivity contribution in [3.63, 3.8) is 0 Å². The van der Waals surface area contributed by atoms with Gasteiger partial charge in [-0.05, 0) is 45.1 Å². The lowest BCUT2D eigenvalue weighted by molar-refractivity contribution is -0.124. The predicted octanol–water partition coefficient (Wildman–Crippen LogP) is 1.14. The lowest BCUT2D eigenvalue weighted by Gasteiger charge is -2.37. The standard InChI is InChI=1S/C14H26N2O2/c1-11(17)13-7-2-3-8-16(13)10-14(18)15-9-12-5-4-6-12/h11-13,17H,2-10H2,1H3,(H,15,18). The molecule has 2 N–H and O–H groups in total. The van der Waals surface area contributed by atoms with Gasteiger partial charge in [-0.1, -0.05) is 12.8 Å². The maximum absolute atomic E-state index is 11.9. The summed E-state index contributed by atoms with van der Waals surface area (Å²) in [6.45, 7) is 4.05. The van der Waals surface area contributed by atoms with Gasteiger partial charge in [0.25, 0.3) is 0 Å². The third kappa shape index (κ3) is 3.69. The second-order valence-corrected chi connectivity index (χ2v) is 5.88. The number of rotatable bonds is 5. The van der Waals surface area contributed by atoms with Gasteiger partial charge < -0.3 is 10.4 Å². The first kappa shape index (κ1) is 13.8. The molecule has 0 aromatic carbocycles. The third-order valence-electron chi connectivity index (χ3n) is 4.38. The molecular formula is C14H26N2O2. The third-order valence-corrected chi connectivity index (χ3v) is 4.38. The highest BCUT2D eigenvalue weighted by Crippen LogP contribution is 2.25. The summed E-state index contributed by atoms with van der Waals surface area (Å²) < 4.78 is 0. The van der Waals surface area contributed by atoms with Gasteiger partial charge in [0.2, 0.25) is 5.91 Å². The molecule has 0 spiro atoms. The van der Waals surface area contributed by atoms with Gasteiger partial charge in [0, 0.05) is 12.6 Å². The van der Waals surface area contributed by atoms with Crippen LogP contribution in [0.2, 0.25) is 0 Å². The highest BCUT2D eigenvalue weighted by molar-refractivity contribution is 5.78. The van der Waals surface area contributed by atoms with Gasteiger partial charge in [-0.25, -0.2) is 0 Å². The number of piperidine rings is 1. The minimum absolute atomic E-state index is 0.120. The molecule has 2 rings (SSSR count). The van der Waals surface area contributed by atoms with Crippen LogP contribution in [0.15, 0.2) is 0 Å². The minimum Gasteiger partial charge on any atom is -0.392 e. The van der Waals surface area contributed by atoms with E-state index in [2.05, 4.69) is 10.2 Å². The van der Waals surface area contributed by atoms with Crippen LogP contribution in [0.3, 0.4) is 0 Å². The Balaban J connectivity index is 1.73. The van der Waals surface area contributed by atoms with Gasteiger partial charge in [0.15, 0.2) is 0 Å². The molecule has 1 saturated heterocycles. The fourth-order valence-electron chi connectivity index (χ4n) is 2.95. The SMILES string of the molecule is CC(O)C1CCCCN1CC(=O)NCC1CCC1. The van der Waals surface area contributed by atoms with Gasteiger partial charge in [-0.3, -0.25) is 9.69 Å². The van der Waals surface area contributed by atoms with E-state index in [4.69, 9.17) is 0 Å². The van der Waals surface area contributed by atoms with Gasteiger partial charge in [0.05, 0.1) is 12.6 Å². The fourth-order valence-corrected chi connectivity index (χ4v) is 2.95. The summed E-state index contributed by atoms with van der Waals surface area (Å²) in [7, 11) is 0. The summed E-state index contributed by atoms with van der Waals surface area (Å²) in [5, 5.41) is 12.8. The number of nitrogens with zero attached hydrogens (tertiary/aromatic N) is 1. The zero-order chi connectivity index (χ0) is 13.0. The Labute approximate surface area is 110 Å². The monoisotopic (exact) mass is 254 g/mol. The van der Waals surface area contributed by atoms with Crippen LogP contribution >= 0.6 is 0 Å². The highest BCUT2D eigenvalue weighted by atomic mass is 16.3. The Morgan fingerprint density at radius 1 is 1.33 bits per heavy atom. The molecule has 4 heteroatoms. The van der Waals surface area contributed by atoms with Gasteiger partial charge >= 0.3 is 0 Å². The predicted molar refractivity (Wildman–Crippen MR) is 71.2 cm³/mol. The molecule has 18 heavy (non-hydrogen) atoms. The zero-order valence-electron chi connectivity index (χ0n) is 11.4. The second kappa shape index (κ2) is 6.53. The number of amides is 1. The number of aliphatic hydroxyl groups is 1. The van der Waals surface area contributed by atoms with E-state index in [0.717, 1.165) is 32.4 Å². The normalized spacial score (nSPS) is 27.6. The molecule has 1 amide bonds. The van der Waals surface area contributed by atoms with Crippen molar-refractivity contribution in [3.05, 3.63) is 0 Å². The van der Waals surface area contributed by atoms with Crippen LogP contribution in [0, 0.1) is 5.92 Å². The van der Waals surface area contributed by atoms with E-state index in [1.54, 1.807) is 0 Å². The van der Waals surface area contributed by atoms with Crippen LogP contribution in [-0.4, -0.2) is 47.7 Å². The van der Waals surface area contributed by atoms with Crippen molar-refractivity contribution in [1.82, 2.24) is 10.2 Å². The molecule has 1 saturated carbocycles. The maximum atomic E-state index is 11.9. The lowest BCUT2D eigenvalue weighted by atomic mass is 9.85. The van der Waals surface area contributed by atoms with Gasteiger partial charge in [-0.15, -0.1) is 0 Å². The quantitative estimate of drug-likeness (QED) is 0.773. The van der Waals surface area contributed by atoms with Crippen LogP contribution in [0.1, 0.15) is 45.4 Å². The van der Waals surface area contributed by atoms with Crippen molar-refractivity contribution >= 4 is 5.91 Å². The lowest BCUT2D eigenvalue weighted by Crippen LogP contribution is -2.50. The molecule has 1 aliphatic heterocycles. The molecule has 2 fully saturated rings. The van der Waals surface area contributed by atoms with E-state index in [0.29, 0.717) is 12.5 Å². The summed E-state index contributed by atoms with van der Waals surface area (Å²) in [5.41, 5.74) is 0. The first-order chi connectivity index (χ1) is 8.66. The number of carbonyl (C=O) groups excluding carboxylic acids is 1. The summed E-state index contributed by atoms with van der Waals surface area (Å²) in [6, 6.07) is 0.160. The Morgan fingerprint density at radius 3 is 2.72 bits per heavy atom. The molecule has 1 heterocycles. The summed E-state index contributed by atoms with van der Waals surface area (Å²) >= 11 is 0. The van der Waals surface area contributed by atoms with Crippen LogP contribution in [-0.2, 0) is 4.79 Å². The van der Waals surface area contributed by atoms with Crippen molar-refractivity contribution in [1.29, 1.82) is 0 Å². The maximum Gasteiger partial charge on any atom is 0.234 e. The molecule has 2 atom stereocenters. The molecule has 0 aromatic rings. The Morgan fingerprint density at radius 2 is 2.11 bits per heavy atom. The molecule has 0 radical (unpaired) electrons. The molecule has 1 aliphatic carbocycles. The first-order valence-electron chi connectivity index (χ1n) is 7.35. The molecule has 104 valence electrons. The van der Waals surface area contributed by atoms with E-state index in [1.165, 1.54) is 19.3 Å². The molecular weight excluding hydrogens is 228 g/mol. The van der Waals surface area contributed by atoms with Gasteiger partial charge in [-0.2, -0.15) is 0 Å². The van der Waals surface area contributed by atoms with Crippen LogP contribution in [0.4, 0.5) is 0 Å². The van der Waals surface area contributed by atoms with Crippen molar-refractivity contribution in [3.8, 4) is 0 Å².